The molecule has 0 saturated heterocycles. The van der Waals surface area contributed by atoms with Crippen molar-refractivity contribution in [3.8, 4) is 0 Å². The second-order valence-corrected chi connectivity index (χ2v) is 9.07. The maximum atomic E-state index is 11.9. The largest absolute Gasteiger partial charge is 0.387 e. The molecule has 4 nitrogen and oxygen atoms in total. The van der Waals surface area contributed by atoms with E-state index in [0.717, 1.165) is 23.7 Å². The van der Waals surface area contributed by atoms with Crippen LogP contribution in [0.25, 0.3) is 0 Å². The molecule has 2 aliphatic rings. The number of aliphatic hydroxyl groups is 1. The summed E-state index contributed by atoms with van der Waals surface area (Å²) in [5, 5.41) is 16.2. The molecule has 4 rings (SSSR count). The highest BCUT2D eigenvalue weighted by Gasteiger charge is 2.71. The second-order valence-electron chi connectivity index (χ2n) is 8.16. The zero-order valence-corrected chi connectivity index (χ0v) is 17.1. The average molecular weight is 427 g/mol. The third kappa shape index (κ3) is 2.84. The lowest BCUT2D eigenvalue weighted by atomic mass is 9.57. The van der Waals surface area contributed by atoms with Gasteiger partial charge in [0.25, 0.3) is 0 Å². The Morgan fingerprint density at radius 3 is 2.60 bits per heavy atom. The summed E-state index contributed by atoms with van der Waals surface area (Å²) in [6.45, 7) is 4.94. The highest BCUT2D eigenvalue weighted by molar-refractivity contribution is 9.10. The van der Waals surface area contributed by atoms with Crippen molar-refractivity contribution in [2.45, 2.75) is 57.6 Å². The maximum Gasteiger partial charge on any atom is 0.137 e. The Morgan fingerprint density at radius 2 is 1.96 bits per heavy atom. The molecule has 25 heavy (non-hydrogen) atoms. The van der Waals surface area contributed by atoms with Crippen molar-refractivity contribution in [1.82, 2.24) is 14.8 Å². The van der Waals surface area contributed by atoms with E-state index < -0.39 is 5.60 Å². The van der Waals surface area contributed by atoms with Crippen LogP contribution < -0.4 is 0 Å². The first-order valence-electron chi connectivity index (χ1n) is 8.68. The molecule has 3 unspecified atom stereocenters. The van der Waals surface area contributed by atoms with Gasteiger partial charge in [0.2, 0.25) is 0 Å². The Balaban J connectivity index is 0.00000182. The monoisotopic (exact) mass is 425 g/mol. The van der Waals surface area contributed by atoms with Gasteiger partial charge in [0, 0.05) is 9.89 Å². The highest BCUT2D eigenvalue weighted by atomic mass is 79.9. The van der Waals surface area contributed by atoms with Crippen LogP contribution in [0, 0.1) is 10.8 Å². The molecule has 1 aromatic carbocycles. The lowest BCUT2D eigenvalue weighted by Gasteiger charge is -2.53. The molecule has 2 saturated carbocycles. The maximum absolute atomic E-state index is 11.9. The van der Waals surface area contributed by atoms with Gasteiger partial charge >= 0.3 is 0 Å². The van der Waals surface area contributed by atoms with Crippen molar-refractivity contribution in [2.75, 3.05) is 0 Å². The Labute approximate surface area is 163 Å². The molecule has 2 aliphatic carbocycles. The van der Waals surface area contributed by atoms with Crippen LogP contribution in [0.3, 0.4) is 0 Å². The Kier molecular flexibility index (Phi) is 4.80. The summed E-state index contributed by atoms with van der Waals surface area (Å²) < 4.78 is 2.90. The second kappa shape index (κ2) is 6.36. The van der Waals surface area contributed by atoms with Crippen LogP contribution in [0.4, 0.5) is 0 Å². The molecule has 1 aromatic heterocycles. The van der Waals surface area contributed by atoms with Crippen molar-refractivity contribution in [1.29, 1.82) is 0 Å². The summed E-state index contributed by atoms with van der Waals surface area (Å²) in [5.41, 5.74) is 0.382. The van der Waals surface area contributed by atoms with Crippen LogP contribution >= 0.6 is 28.3 Å². The van der Waals surface area contributed by atoms with E-state index in [1.165, 1.54) is 12.0 Å². The summed E-state index contributed by atoms with van der Waals surface area (Å²) in [5.74, 6) is 0.429. The highest BCUT2D eigenvalue weighted by Crippen LogP contribution is 2.73. The third-order valence-corrected chi connectivity index (χ3v) is 7.10. The van der Waals surface area contributed by atoms with E-state index in [4.69, 9.17) is 0 Å². The molecule has 1 heterocycles. The van der Waals surface area contributed by atoms with Crippen molar-refractivity contribution < 1.29 is 5.11 Å². The average Bonchev–Trinajstić information content (AvgIpc) is 3.03. The van der Waals surface area contributed by atoms with Crippen molar-refractivity contribution in [3.05, 3.63) is 47.0 Å². The van der Waals surface area contributed by atoms with E-state index in [-0.39, 0.29) is 23.2 Å². The molecule has 1 N–H and O–H groups in total. The van der Waals surface area contributed by atoms with Gasteiger partial charge in [-0.3, -0.25) is 4.68 Å². The van der Waals surface area contributed by atoms with Crippen LogP contribution in [0.2, 0.25) is 0 Å². The third-order valence-electron chi connectivity index (χ3n) is 6.57. The lowest BCUT2D eigenvalue weighted by Crippen LogP contribution is -2.58. The summed E-state index contributed by atoms with van der Waals surface area (Å²) in [6.07, 6.45) is 7.64. The van der Waals surface area contributed by atoms with E-state index >= 15 is 0 Å². The molecular formula is C19H25BrClN3O. The number of hydrogen-bond donors (Lipinski definition) is 1. The Morgan fingerprint density at radius 1 is 1.24 bits per heavy atom. The SMILES string of the molecule is CC1(C)CCCC2(CC2c2ccc(Br)cc2)C1(O)Cn1cncn1.Cl. The van der Waals surface area contributed by atoms with Gasteiger partial charge in [-0.15, -0.1) is 12.4 Å². The first-order chi connectivity index (χ1) is 11.4. The fourth-order valence-electron chi connectivity index (χ4n) is 5.02. The molecular weight excluding hydrogens is 402 g/mol. The van der Waals surface area contributed by atoms with E-state index in [1.807, 2.05) is 0 Å². The van der Waals surface area contributed by atoms with E-state index in [2.05, 4.69) is 64.1 Å². The number of rotatable bonds is 3. The molecule has 6 heteroatoms. The van der Waals surface area contributed by atoms with Crippen LogP contribution in [0.5, 0.6) is 0 Å². The van der Waals surface area contributed by atoms with Crippen LogP contribution in [0.1, 0.15) is 51.0 Å². The van der Waals surface area contributed by atoms with E-state index in [0.29, 0.717) is 12.5 Å². The smallest absolute Gasteiger partial charge is 0.137 e. The molecule has 0 amide bonds. The number of benzene rings is 1. The fraction of sp³-hybridized carbons (Fsp3) is 0.579. The first kappa shape index (κ1) is 18.9. The first-order valence-corrected chi connectivity index (χ1v) is 9.48. The predicted octanol–water partition coefficient (Wildman–Crippen LogP) is 4.58. The summed E-state index contributed by atoms with van der Waals surface area (Å²) >= 11 is 3.51. The van der Waals surface area contributed by atoms with Gasteiger partial charge in [-0.05, 0) is 48.3 Å². The quantitative estimate of drug-likeness (QED) is 0.781. The van der Waals surface area contributed by atoms with E-state index in [1.54, 1.807) is 17.3 Å². The Bertz CT molecular complexity index is 734. The van der Waals surface area contributed by atoms with Gasteiger partial charge in [0.1, 0.15) is 12.7 Å². The van der Waals surface area contributed by atoms with Gasteiger partial charge in [0.05, 0.1) is 12.1 Å². The zero-order valence-electron chi connectivity index (χ0n) is 14.7. The molecule has 3 atom stereocenters. The number of halogens is 2. The summed E-state index contributed by atoms with van der Waals surface area (Å²) in [4.78, 5) is 4.06. The fourth-order valence-corrected chi connectivity index (χ4v) is 5.29. The normalized spacial score (nSPS) is 33.0. The molecule has 2 aromatic rings. The van der Waals surface area contributed by atoms with Gasteiger partial charge in [-0.25, -0.2) is 4.98 Å². The molecule has 2 fully saturated rings. The number of hydrogen-bond acceptors (Lipinski definition) is 3. The van der Waals surface area contributed by atoms with Gasteiger partial charge < -0.3 is 5.11 Å². The lowest BCUT2D eigenvalue weighted by molar-refractivity contribution is -0.164. The van der Waals surface area contributed by atoms with Crippen molar-refractivity contribution >= 4 is 28.3 Å². The molecule has 0 bridgehead atoms. The van der Waals surface area contributed by atoms with Crippen LogP contribution in [-0.4, -0.2) is 25.5 Å². The minimum Gasteiger partial charge on any atom is -0.387 e. The summed E-state index contributed by atoms with van der Waals surface area (Å²) in [7, 11) is 0. The van der Waals surface area contributed by atoms with Gasteiger partial charge in [-0.1, -0.05) is 48.3 Å². The van der Waals surface area contributed by atoms with E-state index in [9.17, 15) is 5.11 Å². The standard InChI is InChI=1S/C19H24BrN3O.ClH/c1-17(2)8-3-9-18(19(17,24)11-23-13-21-12-22-23)10-16(18)14-4-6-15(20)7-5-14;/h4-7,12-13,16,24H,3,8-11H2,1-2H3;1H. The topological polar surface area (TPSA) is 50.9 Å². The minimum atomic E-state index is -0.774. The van der Waals surface area contributed by atoms with Crippen LogP contribution in [-0.2, 0) is 6.54 Å². The molecule has 1 spiro atoms. The Hall–Kier alpha value is -0.910. The minimum absolute atomic E-state index is 0. The van der Waals surface area contributed by atoms with Crippen molar-refractivity contribution in [3.63, 3.8) is 0 Å². The molecule has 0 aliphatic heterocycles. The van der Waals surface area contributed by atoms with Gasteiger partial charge in [-0.2, -0.15) is 5.10 Å². The number of aromatic nitrogens is 3. The predicted molar refractivity (Wildman–Crippen MR) is 104 cm³/mol. The summed E-state index contributed by atoms with van der Waals surface area (Å²) in [6, 6.07) is 8.60. The zero-order chi connectivity index (χ0) is 17.0. The number of nitrogens with zero attached hydrogens (tertiary/aromatic N) is 3. The molecule has 0 radical (unpaired) electrons. The van der Waals surface area contributed by atoms with Gasteiger partial charge in [0.15, 0.2) is 0 Å². The molecule has 136 valence electrons. The van der Waals surface area contributed by atoms with Crippen molar-refractivity contribution in [2.24, 2.45) is 10.8 Å². The van der Waals surface area contributed by atoms with Crippen LogP contribution in [0.15, 0.2) is 41.4 Å².